The smallest absolute Gasteiger partial charge is 0.260 e. The maximum absolute atomic E-state index is 12.1. The van der Waals surface area contributed by atoms with Gasteiger partial charge in [0.05, 0.1) is 23.9 Å². The molecular weight excluding hydrogens is 386 g/mol. The summed E-state index contributed by atoms with van der Waals surface area (Å²) in [5.74, 6) is 0.150. The van der Waals surface area contributed by atoms with Crippen molar-refractivity contribution in [2.24, 2.45) is 0 Å². The average Bonchev–Trinajstić information content (AvgIpc) is 3.25. The van der Waals surface area contributed by atoms with Crippen molar-refractivity contribution in [3.8, 4) is 0 Å². The lowest BCUT2D eigenvalue weighted by atomic mass is 10.1. The van der Waals surface area contributed by atoms with Crippen LogP contribution in [0.4, 0.5) is 5.13 Å². The van der Waals surface area contributed by atoms with Crippen LogP contribution >= 0.6 is 22.9 Å². The monoisotopic (exact) mass is 403 g/mol. The molecular formula is C19H18ClN3O3S. The van der Waals surface area contributed by atoms with Crippen molar-refractivity contribution in [3.05, 3.63) is 69.6 Å². The zero-order valence-corrected chi connectivity index (χ0v) is 16.2. The fourth-order valence-corrected chi connectivity index (χ4v) is 3.29. The van der Waals surface area contributed by atoms with Crippen molar-refractivity contribution in [1.29, 1.82) is 0 Å². The average molecular weight is 404 g/mol. The van der Waals surface area contributed by atoms with Crippen molar-refractivity contribution in [3.63, 3.8) is 0 Å². The number of anilines is 1. The van der Waals surface area contributed by atoms with Gasteiger partial charge in [0.25, 0.3) is 5.91 Å². The quantitative estimate of drug-likeness (QED) is 0.627. The van der Waals surface area contributed by atoms with Crippen molar-refractivity contribution < 1.29 is 14.0 Å². The summed E-state index contributed by atoms with van der Waals surface area (Å²) in [5, 5.41) is 8.48. The number of benzene rings is 1. The van der Waals surface area contributed by atoms with Gasteiger partial charge in [0.15, 0.2) is 5.13 Å². The molecule has 8 heteroatoms. The van der Waals surface area contributed by atoms with Crippen molar-refractivity contribution in [2.45, 2.75) is 19.8 Å². The topological polar surface area (TPSA) is 84.2 Å². The van der Waals surface area contributed by atoms with Crippen LogP contribution in [0.5, 0.6) is 0 Å². The second-order valence-corrected chi connectivity index (χ2v) is 7.19. The predicted molar refractivity (Wildman–Crippen MR) is 105 cm³/mol. The van der Waals surface area contributed by atoms with Crippen LogP contribution in [0.3, 0.4) is 0 Å². The van der Waals surface area contributed by atoms with E-state index >= 15 is 0 Å². The van der Waals surface area contributed by atoms with Gasteiger partial charge in [-0.25, -0.2) is 4.98 Å². The third kappa shape index (κ3) is 5.42. The van der Waals surface area contributed by atoms with Crippen molar-refractivity contribution >= 4 is 39.9 Å². The van der Waals surface area contributed by atoms with Gasteiger partial charge in [0.2, 0.25) is 5.91 Å². The molecule has 0 unspecified atom stereocenters. The second kappa shape index (κ2) is 8.83. The summed E-state index contributed by atoms with van der Waals surface area (Å²) in [7, 11) is 0. The highest BCUT2D eigenvalue weighted by atomic mass is 35.5. The Morgan fingerprint density at radius 2 is 2.00 bits per heavy atom. The van der Waals surface area contributed by atoms with E-state index in [1.54, 1.807) is 18.4 Å². The molecule has 0 aliphatic heterocycles. The molecule has 0 bridgehead atoms. The highest BCUT2D eigenvalue weighted by molar-refractivity contribution is 7.14. The van der Waals surface area contributed by atoms with Gasteiger partial charge in [0.1, 0.15) is 5.76 Å². The van der Waals surface area contributed by atoms with Crippen LogP contribution in [0.1, 0.15) is 27.4 Å². The van der Waals surface area contributed by atoms with E-state index < -0.39 is 0 Å². The van der Waals surface area contributed by atoms with E-state index in [9.17, 15) is 9.59 Å². The maximum Gasteiger partial charge on any atom is 0.260 e. The lowest BCUT2D eigenvalue weighted by Crippen LogP contribution is -2.27. The molecule has 6 nitrogen and oxygen atoms in total. The number of hydrogen-bond donors (Lipinski definition) is 2. The van der Waals surface area contributed by atoms with Crippen LogP contribution in [-0.2, 0) is 17.6 Å². The third-order valence-electron chi connectivity index (χ3n) is 3.87. The van der Waals surface area contributed by atoms with Crippen molar-refractivity contribution in [1.82, 2.24) is 10.3 Å². The molecule has 2 N–H and O–H groups in total. The minimum atomic E-state index is -0.283. The highest BCUT2D eigenvalue weighted by Crippen LogP contribution is 2.18. The molecule has 2 aromatic heterocycles. The van der Waals surface area contributed by atoms with E-state index in [0.29, 0.717) is 33.7 Å². The zero-order chi connectivity index (χ0) is 19.2. The molecule has 0 radical (unpaired) electrons. The number of hydrogen-bond acceptors (Lipinski definition) is 5. The summed E-state index contributed by atoms with van der Waals surface area (Å²) in [6.07, 6.45) is 2.36. The molecule has 27 heavy (non-hydrogen) atoms. The summed E-state index contributed by atoms with van der Waals surface area (Å²) >= 11 is 7.13. The molecule has 3 rings (SSSR count). The van der Waals surface area contributed by atoms with E-state index in [1.165, 1.54) is 17.6 Å². The molecule has 1 aromatic carbocycles. The van der Waals surface area contributed by atoms with Gasteiger partial charge in [-0.2, -0.15) is 0 Å². The number of furan rings is 1. The summed E-state index contributed by atoms with van der Waals surface area (Å²) in [5.41, 5.74) is 2.18. The summed E-state index contributed by atoms with van der Waals surface area (Å²) in [6.45, 7) is 2.25. The minimum absolute atomic E-state index is 0.113. The summed E-state index contributed by atoms with van der Waals surface area (Å²) < 4.78 is 5.12. The van der Waals surface area contributed by atoms with Gasteiger partial charge in [-0.05, 0) is 37.1 Å². The Morgan fingerprint density at radius 1 is 1.22 bits per heavy atom. The van der Waals surface area contributed by atoms with E-state index in [0.717, 1.165) is 12.0 Å². The number of thiazole rings is 1. The number of halogens is 1. The lowest BCUT2D eigenvalue weighted by Gasteiger charge is -2.04. The predicted octanol–water partition coefficient (Wildman–Crippen LogP) is 3.85. The van der Waals surface area contributed by atoms with Gasteiger partial charge in [-0.15, -0.1) is 11.3 Å². The van der Waals surface area contributed by atoms with Crippen LogP contribution in [-0.4, -0.2) is 23.3 Å². The molecule has 140 valence electrons. The van der Waals surface area contributed by atoms with Crippen LogP contribution in [0.25, 0.3) is 0 Å². The molecule has 0 aliphatic carbocycles. The molecule has 0 saturated heterocycles. The highest BCUT2D eigenvalue weighted by Gasteiger charge is 2.14. The Hall–Kier alpha value is -2.64. The van der Waals surface area contributed by atoms with Crippen LogP contribution in [0.15, 0.2) is 46.4 Å². The Bertz CT molecular complexity index is 934. The Kier molecular flexibility index (Phi) is 6.26. The first kappa shape index (κ1) is 19.1. The Labute approximate surface area is 165 Å². The molecule has 0 atom stereocenters. The number of aryl methyl sites for hydroxylation is 1. The molecule has 2 amide bonds. The van der Waals surface area contributed by atoms with Crippen LogP contribution in [0.2, 0.25) is 5.02 Å². The molecule has 2 heterocycles. The lowest BCUT2D eigenvalue weighted by molar-refractivity contribution is -0.120. The van der Waals surface area contributed by atoms with Gasteiger partial charge in [-0.1, -0.05) is 23.7 Å². The number of nitrogens with zero attached hydrogens (tertiary/aromatic N) is 1. The summed E-state index contributed by atoms with van der Waals surface area (Å²) in [6, 6.07) is 9.13. The minimum Gasteiger partial charge on any atom is -0.469 e. The van der Waals surface area contributed by atoms with Gasteiger partial charge in [0, 0.05) is 16.9 Å². The Morgan fingerprint density at radius 3 is 2.70 bits per heavy atom. The zero-order valence-electron chi connectivity index (χ0n) is 14.6. The molecule has 0 spiro atoms. The molecule has 0 aliphatic rings. The van der Waals surface area contributed by atoms with Gasteiger partial charge >= 0.3 is 0 Å². The standard InChI is InChI=1S/C19H18ClN3O3S/c1-12-16(7-9-26-12)18(25)23-19-22-15(11-27-19)10-17(24)21-8-6-13-2-4-14(20)5-3-13/h2-5,7,9,11H,6,8,10H2,1H3,(H,21,24)(H,22,23,25). The first-order valence-electron chi connectivity index (χ1n) is 8.32. The Balaban J connectivity index is 1.45. The molecule has 3 aromatic rings. The van der Waals surface area contributed by atoms with Gasteiger partial charge in [-0.3, -0.25) is 14.9 Å². The molecule has 0 fully saturated rings. The number of aromatic nitrogens is 1. The number of rotatable bonds is 7. The fraction of sp³-hybridized carbons (Fsp3) is 0.211. The van der Waals surface area contributed by atoms with Crippen LogP contribution < -0.4 is 10.6 Å². The molecule has 0 saturated carbocycles. The normalized spacial score (nSPS) is 10.6. The first-order valence-corrected chi connectivity index (χ1v) is 9.58. The fourth-order valence-electron chi connectivity index (χ4n) is 2.45. The number of carbonyl (C=O) groups excluding carboxylic acids is 2. The summed E-state index contributed by atoms with van der Waals surface area (Å²) in [4.78, 5) is 28.5. The van der Waals surface area contributed by atoms with E-state index in [4.69, 9.17) is 16.0 Å². The largest absolute Gasteiger partial charge is 0.469 e. The maximum atomic E-state index is 12.1. The first-order chi connectivity index (χ1) is 13.0. The van der Waals surface area contributed by atoms with E-state index in [-0.39, 0.29) is 18.2 Å². The van der Waals surface area contributed by atoms with E-state index in [2.05, 4.69) is 15.6 Å². The van der Waals surface area contributed by atoms with Crippen LogP contribution in [0, 0.1) is 6.92 Å². The number of amides is 2. The van der Waals surface area contributed by atoms with Gasteiger partial charge < -0.3 is 9.73 Å². The third-order valence-corrected chi connectivity index (χ3v) is 4.92. The SMILES string of the molecule is Cc1occc1C(=O)Nc1nc(CC(=O)NCCc2ccc(Cl)cc2)cs1. The van der Waals surface area contributed by atoms with E-state index in [1.807, 2.05) is 24.3 Å². The number of carbonyl (C=O) groups is 2. The second-order valence-electron chi connectivity index (χ2n) is 5.89. The number of nitrogens with one attached hydrogen (secondary N) is 2. The van der Waals surface area contributed by atoms with Crippen molar-refractivity contribution in [2.75, 3.05) is 11.9 Å².